The number of hydrogen-bond donors (Lipinski definition) is 1. The molecule has 1 amide bonds. The van der Waals surface area contributed by atoms with Gasteiger partial charge in [0.1, 0.15) is 11.0 Å². The van der Waals surface area contributed by atoms with E-state index in [1.165, 1.54) is 23.1 Å². The minimum atomic E-state index is -0.269. The Morgan fingerprint density at radius 3 is 2.82 bits per heavy atom. The van der Waals surface area contributed by atoms with E-state index in [1.54, 1.807) is 10.7 Å². The lowest BCUT2D eigenvalue weighted by molar-refractivity contribution is -0.119. The molecule has 28 heavy (non-hydrogen) atoms. The number of thioether (sulfide) groups is 1. The predicted molar refractivity (Wildman–Crippen MR) is 110 cm³/mol. The topological polar surface area (TPSA) is 85.1 Å². The molecule has 142 valence electrons. The fraction of sp³-hybridized carbons (Fsp3) is 0.211. The lowest BCUT2D eigenvalue weighted by atomic mass is 10.1. The number of hydrogen-bond acceptors (Lipinski definition) is 7. The van der Waals surface area contributed by atoms with Crippen LogP contribution in [0.4, 0.5) is 0 Å². The normalized spacial score (nSPS) is 12.2. The maximum atomic E-state index is 12.6. The number of nitrogens with one attached hydrogen (secondary N) is 1. The van der Waals surface area contributed by atoms with Gasteiger partial charge in [-0.05, 0) is 25.5 Å². The van der Waals surface area contributed by atoms with Crippen LogP contribution in [0.25, 0.3) is 5.78 Å². The number of amides is 1. The van der Waals surface area contributed by atoms with Crippen LogP contribution in [0.5, 0.6) is 0 Å². The fourth-order valence-corrected chi connectivity index (χ4v) is 4.20. The lowest BCUT2D eigenvalue weighted by Crippen LogP contribution is -2.30. The number of benzene rings is 1. The third kappa shape index (κ3) is 4.05. The quantitative estimate of drug-likeness (QED) is 0.492. The average Bonchev–Trinajstić information content (AvgIpc) is 3.35. The van der Waals surface area contributed by atoms with Gasteiger partial charge in [0.25, 0.3) is 5.78 Å². The van der Waals surface area contributed by atoms with Crippen molar-refractivity contribution in [3.63, 3.8) is 0 Å². The molecule has 1 aromatic carbocycles. The fourth-order valence-electron chi connectivity index (χ4n) is 2.85. The SMILES string of the molecule is Cc1cc(C)n2nc(SCC(=O)NC(c3ccccc3)c3nccs3)nc2n1. The number of aromatic nitrogens is 5. The van der Waals surface area contributed by atoms with Gasteiger partial charge in [-0.15, -0.1) is 16.4 Å². The minimum absolute atomic E-state index is 0.103. The second-order valence-corrected chi connectivity index (χ2v) is 8.08. The molecule has 0 radical (unpaired) electrons. The van der Waals surface area contributed by atoms with E-state index in [0.29, 0.717) is 10.9 Å². The van der Waals surface area contributed by atoms with Crippen molar-refractivity contribution in [3.8, 4) is 0 Å². The highest BCUT2D eigenvalue weighted by Crippen LogP contribution is 2.24. The van der Waals surface area contributed by atoms with Crippen molar-refractivity contribution in [1.29, 1.82) is 0 Å². The highest BCUT2D eigenvalue weighted by Gasteiger charge is 2.19. The summed E-state index contributed by atoms with van der Waals surface area (Å²) in [5.74, 6) is 0.656. The monoisotopic (exact) mass is 410 g/mol. The van der Waals surface area contributed by atoms with Gasteiger partial charge in [0, 0.05) is 23.0 Å². The van der Waals surface area contributed by atoms with Gasteiger partial charge in [-0.2, -0.15) is 4.98 Å². The number of rotatable bonds is 6. The molecule has 0 saturated heterocycles. The van der Waals surface area contributed by atoms with Crippen LogP contribution in [-0.4, -0.2) is 36.2 Å². The summed E-state index contributed by atoms with van der Waals surface area (Å²) < 4.78 is 1.69. The van der Waals surface area contributed by atoms with E-state index in [9.17, 15) is 4.79 Å². The van der Waals surface area contributed by atoms with Gasteiger partial charge in [-0.1, -0.05) is 42.1 Å². The predicted octanol–water partition coefficient (Wildman–Crippen LogP) is 3.20. The highest BCUT2D eigenvalue weighted by atomic mass is 32.2. The molecular formula is C19H18N6OS2. The van der Waals surface area contributed by atoms with Gasteiger partial charge in [0.2, 0.25) is 11.1 Å². The molecule has 0 aliphatic carbocycles. The number of thiazole rings is 1. The molecule has 0 spiro atoms. The van der Waals surface area contributed by atoms with Crippen LogP contribution in [0.15, 0.2) is 53.1 Å². The van der Waals surface area contributed by atoms with E-state index in [-0.39, 0.29) is 17.7 Å². The summed E-state index contributed by atoms with van der Waals surface area (Å²) in [6, 6.07) is 11.5. The molecule has 3 heterocycles. The van der Waals surface area contributed by atoms with Crippen molar-refractivity contribution in [2.75, 3.05) is 5.75 Å². The summed E-state index contributed by atoms with van der Waals surface area (Å²) in [6.45, 7) is 3.88. The van der Waals surface area contributed by atoms with Crippen LogP contribution in [0.3, 0.4) is 0 Å². The molecule has 1 atom stereocenters. The number of nitrogens with zero attached hydrogens (tertiary/aromatic N) is 5. The molecule has 4 rings (SSSR count). The zero-order chi connectivity index (χ0) is 19.5. The number of aryl methyl sites for hydroxylation is 2. The van der Waals surface area contributed by atoms with Crippen LogP contribution in [0, 0.1) is 13.8 Å². The zero-order valence-corrected chi connectivity index (χ0v) is 17.0. The Morgan fingerprint density at radius 2 is 2.07 bits per heavy atom. The van der Waals surface area contributed by atoms with Gasteiger partial charge in [0.05, 0.1) is 5.75 Å². The van der Waals surface area contributed by atoms with Crippen molar-refractivity contribution >= 4 is 34.8 Å². The highest BCUT2D eigenvalue weighted by molar-refractivity contribution is 7.99. The third-order valence-corrected chi connectivity index (χ3v) is 5.75. The summed E-state index contributed by atoms with van der Waals surface area (Å²) in [5, 5.41) is 10.8. The van der Waals surface area contributed by atoms with Crippen molar-refractivity contribution in [3.05, 3.63) is 69.9 Å². The molecule has 1 unspecified atom stereocenters. The number of carbonyl (C=O) groups is 1. The van der Waals surface area contributed by atoms with Crippen LogP contribution in [0.1, 0.15) is 28.0 Å². The van der Waals surface area contributed by atoms with Gasteiger partial charge >= 0.3 is 0 Å². The Morgan fingerprint density at radius 1 is 1.25 bits per heavy atom. The van der Waals surface area contributed by atoms with Gasteiger partial charge in [-0.3, -0.25) is 4.79 Å². The standard InChI is InChI=1S/C19H18N6OS2/c1-12-10-13(2)25-18(21-12)23-19(24-25)28-11-15(26)22-16(17-20-8-9-27-17)14-6-4-3-5-7-14/h3-10,16H,11H2,1-2H3,(H,22,26). The van der Waals surface area contributed by atoms with Crippen LogP contribution in [-0.2, 0) is 4.79 Å². The minimum Gasteiger partial charge on any atom is -0.342 e. The maximum Gasteiger partial charge on any atom is 0.253 e. The summed E-state index contributed by atoms with van der Waals surface area (Å²) >= 11 is 2.81. The molecule has 0 saturated carbocycles. The first-order valence-electron chi connectivity index (χ1n) is 8.67. The molecule has 7 nitrogen and oxygen atoms in total. The maximum absolute atomic E-state index is 12.6. The second kappa shape index (κ2) is 8.07. The van der Waals surface area contributed by atoms with E-state index >= 15 is 0 Å². The molecule has 1 N–H and O–H groups in total. The Kier molecular flexibility index (Phi) is 5.36. The first-order chi connectivity index (χ1) is 13.6. The third-order valence-electron chi connectivity index (χ3n) is 4.07. The summed E-state index contributed by atoms with van der Waals surface area (Å²) in [7, 11) is 0. The molecule has 9 heteroatoms. The largest absolute Gasteiger partial charge is 0.342 e. The second-order valence-electron chi connectivity index (χ2n) is 6.22. The molecule has 0 bridgehead atoms. The first kappa shape index (κ1) is 18.6. The van der Waals surface area contributed by atoms with E-state index in [4.69, 9.17) is 0 Å². The summed E-state index contributed by atoms with van der Waals surface area (Å²) in [5.41, 5.74) is 2.84. The van der Waals surface area contributed by atoms with E-state index in [2.05, 4.69) is 25.4 Å². The van der Waals surface area contributed by atoms with Crippen molar-refractivity contribution < 1.29 is 4.79 Å². The molecule has 0 aliphatic heterocycles. The van der Waals surface area contributed by atoms with Crippen LogP contribution >= 0.6 is 23.1 Å². The summed E-state index contributed by atoms with van der Waals surface area (Å²) in [6.07, 6.45) is 1.74. The number of carbonyl (C=O) groups excluding carboxylic acids is 1. The first-order valence-corrected chi connectivity index (χ1v) is 10.5. The van der Waals surface area contributed by atoms with Gasteiger partial charge in [-0.25, -0.2) is 14.5 Å². The zero-order valence-electron chi connectivity index (χ0n) is 15.4. The average molecular weight is 411 g/mol. The van der Waals surface area contributed by atoms with Gasteiger partial charge < -0.3 is 5.32 Å². The van der Waals surface area contributed by atoms with Crippen LogP contribution < -0.4 is 5.32 Å². The van der Waals surface area contributed by atoms with E-state index in [0.717, 1.165) is 22.0 Å². The van der Waals surface area contributed by atoms with Gasteiger partial charge in [0.15, 0.2) is 0 Å². The van der Waals surface area contributed by atoms with Crippen LogP contribution in [0.2, 0.25) is 0 Å². The smallest absolute Gasteiger partial charge is 0.253 e. The Balaban J connectivity index is 1.46. The Hall–Kier alpha value is -2.78. The summed E-state index contributed by atoms with van der Waals surface area (Å²) in [4.78, 5) is 25.8. The molecule has 4 aromatic rings. The molecule has 0 fully saturated rings. The van der Waals surface area contributed by atoms with E-state index in [1.807, 2.05) is 55.6 Å². The Bertz CT molecular complexity index is 1090. The molecular weight excluding hydrogens is 392 g/mol. The molecule has 0 aliphatic rings. The van der Waals surface area contributed by atoms with Crippen molar-refractivity contribution in [2.45, 2.75) is 25.0 Å². The number of fused-ring (bicyclic) bond motifs is 1. The van der Waals surface area contributed by atoms with Crippen molar-refractivity contribution in [2.24, 2.45) is 0 Å². The van der Waals surface area contributed by atoms with E-state index < -0.39 is 0 Å². The lowest BCUT2D eigenvalue weighted by Gasteiger charge is -2.16. The van der Waals surface area contributed by atoms with Crippen molar-refractivity contribution in [1.82, 2.24) is 29.9 Å². The molecule has 3 aromatic heterocycles. The Labute approximate surface area is 170 Å².